The van der Waals surface area contributed by atoms with Gasteiger partial charge in [0.25, 0.3) is 0 Å². The van der Waals surface area contributed by atoms with E-state index in [2.05, 4.69) is 41.2 Å². The average Bonchev–Trinajstić information content (AvgIpc) is 2.91. The van der Waals surface area contributed by atoms with E-state index in [1.165, 1.54) is 5.56 Å². The molecular formula is C16H22ClN3O. The first kappa shape index (κ1) is 16.0. The summed E-state index contributed by atoms with van der Waals surface area (Å²) in [6.45, 7) is 4.99. The highest BCUT2D eigenvalue weighted by Gasteiger charge is 2.17. The predicted molar refractivity (Wildman–Crippen MR) is 86.4 cm³/mol. The number of likely N-dealkylation sites (tertiary alicyclic amines) is 1. The van der Waals surface area contributed by atoms with E-state index < -0.39 is 0 Å². The van der Waals surface area contributed by atoms with Crippen molar-refractivity contribution in [1.29, 1.82) is 0 Å². The van der Waals surface area contributed by atoms with Gasteiger partial charge >= 0.3 is 0 Å². The summed E-state index contributed by atoms with van der Waals surface area (Å²) < 4.78 is 5.46. The van der Waals surface area contributed by atoms with E-state index in [9.17, 15) is 0 Å². The SMILES string of the molecule is Cc1ccc(-c2cc(CN3CCC(N)CC3)on2)cc1.Cl. The van der Waals surface area contributed by atoms with Crippen molar-refractivity contribution in [2.24, 2.45) is 5.73 Å². The Morgan fingerprint density at radius 3 is 2.57 bits per heavy atom. The van der Waals surface area contributed by atoms with E-state index in [1.54, 1.807) is 0 Å². The van der Waals surface area contributed by atoms with Gasteiger partial charge in [0.1, 0.15) is 5.69 Å². The fourth-order valence-corrected chi connectivity index (χ4v) is 2.58. The second-order valence-corrected chi connectivity index (χ2v) is 5.66. The summed E-state index contributed by atoms with van der Waals surface area (Å²) in [5.41, 5.74) is 9.19. The molecule has 0 unspecified atom stereocenters. The van der Waals surface area contributed by atoms with Crippen LogP contribution in [0.2, 0.25) is 0 Å². The highest BCUT2D eigenvalue weighted by Crippen LogP contribution is 2.21. The standard InChI is InChI=1S/C16H21N3O.ClH/c1-12-2-4-13(5-3-12)16-10-15(20-18-16)11-19-8-6-14(17)7-9-19;/h2-5,10,14H,6-9,11,17H2,1H3;1H. The van der Waals surface area contributed by atoms with Crippen molar-refractivity contribution >= 4 is 12.4 Å². The van der Waals surface area contributed by atoms with Crippen molar-refractivity contribution < 1.29 is 4.52 Å². The van der Waals surface area contributed by atoms with Crippen LogP contribution in [-0.4, -0.2) is 29.2 Å². The molecule has 114 valence electrons. The van der Waals surface area contributed by atoms with E-state index in [4.69, 9.17) is 10.3 Å². The van der Waals surface area contributed by atoms with Gasteiger partial charge in [-0.1, -0.05) is 35.0 Å². The van der Waals surface area contributed by atoms with Gasteiger partial charge in [0.15, 0.2) is 5.76 Å². The molecule has 1 aliphatic heterocycles. The summed E-state index contributed by atoms with van der Waals surface area (Å²) in [6.07, 6.45) is 2.14. The Bertz CT molecular complexity index is 559. The van der Waals surface area contributed by atoms with Crippen molar-refractivity contribution in [3.8, 4) is 11.3 Å². The number of hydrogen-bond acceptors (Lipinski definition) is 4. The van der Waals surface area contributed by atoms with Crippen molar-refractivity contribution in [2.75, 3.05) is 13.1 Å². The third kappa shape index (κ3) is 4.06. The molecule has 5 heteroatoms. The second-order valence-electron chi connectivity index (χ2n) is 5.66. The lowest BCUT2D eigenvalue weighted by Gasteiger charge is -2.28. The maximum Gasteiger partial charge on any atom is 0.151 e. The smallest absolute Gasteiger partial charge is 0.151 e. The van der Waals surface area contributed by atoms with Crippen molar-refractivity contribution in [2.45, 2.75) is 32.4 Å². The van der Waals surface area contributed by atoms with Crippen LogP contribution in [0.3, 0.4) is 0 Å². The summed E-state index contributed by atoms with van der Waals surface area (Å²) >= 11 is 0. The van der Waals surface area contributed by atoms with Crippen molar-refractivity contribution in [3.63, 3.8) is 0 Å². The lowest BCUT2D eigenvalue weighted by atomic mass is 10.1. The van der Waals surface area contributed by atoms with E-state index in [-0.39, 0.29) is 12.4 Å². The van der Waals surface area contributed by atoms with Gasteiger partial charge in [-0.3, -0.25) is 4.90 Å². The minimum Gasteiger partial charge on any atom is -0.359 e. The van der Waals surface area contributed by atoms with Crippen LogP contribution in [0.15, 0.2) is 34.9 Å². The zero-order valence-electron chi connectivity index (χ0n) is 12.3. The molecular weight excluding hydrogens is 286 g/mol. The van der Waals surface area contributed by atoms with Gasteiger partial charge in [-0.25, -0.2) is 0 Å². The Labute approximate surface area is 131 Å². The first-order chi connectivity index (χ1) is 9.70. The summed E-state index contributed by atoms with van der Waals surface area (Å²) in [4.78, 5) is 2.38. The van der Waals surface area contributed by atoms with Crippen LogP contribution in [0, 0.1) is 6.92 Å². The molecule has 0 radical (unpaired) electrons. The zero-order valence-corrected chi connectivity index (χ0v) is 13.1. The molecule has 2 N–H and O–H groups in total. The molecule has 2 aromatic rings. The topological polar surface area (TPSA) is 55.3 Å². The second kappa shape index (κ2) is 7.07. The van der Waals surface area contributed by atoms with Crippen molar-refractivity contribution in [3.05, 3.63) is 41.7 Å². The van der Waals surface area contributed by atoms with E-state index in [0.29, 0.717) is 6.04 Å². The molecule has 0 spiro atoms. The number of nitrogens with zero attached hydrogens (tertiary/aromatic N) is 2. The van der Waals surface area contributed by atoms with Gasteiger partial charge < -0.3 is 10.3 Å². The van der Waals surface area contributed by atoms with Gasteiger partial charge in [-0.15, -0.1) is 12.4 Å². The van der Waals surface area contributed by atoms with E-state index in [0.717, 1.165) is 49.5 Å². The maximum atomic E-state index is 5.92. The van der Waals surface area contributed by atoms with Crippen LogP contribution >= 0.6 is 12.4 Å². The van der Waals surface area contributed by atoms with Crippen LogP contribution in [0.4, 0.5) is 0 Å². The monoisotopic (exact) mass is 307 g/mol. The Morgan fingerprint density at radius 2 is 1.90 bits per heavy atom. The van der Waals surface area contributed by atoms with E-state index >= 15 is 0 Å². The summed E-state index contributed by atoms with van der Waals surface area (Å²) in [5, 5.41) is 4.17. The van der Waals surface area contributed by atoms with Crippen LogP contribution in [-0.2, 0) is 6.54 Å². The van der Waals surface area contributed by atoms with Crippen LogP contribution < -0.4 is 5.73 Å². The normalized spacial score (nSPS) is 16.7. The Balaban J connectivity index is 0.00000161. The number of aryl methyl sites for hydroxylation is 1. The minimum atomic E-state index is 0. The molecule has 1 aromatic heterocycles. The van der Waals surface area contributed by atoms with Crippen LogP contribution in [0.5, 0.6) is 0 Å². The molecule has 4 nitrogen and oxygen atoms in total. The first-order valence-corrected chi connectivity index (χ1v) is 7.21. The third-order valence-corrected chi connectivity index (χ3v) is 3.92. The van der Waals surface area contributed by atoms with E-state index in [1.807, 2.05) is 6.07 Å². The molecule has 1 saturated heterocycles. The molecule has 1 fully saturated rings. The predicted octanol–water partition coefficient (Wildman–Crippen LogP) is 2.99. The number of rotatable bonds is 3. The fraction of sp³-hybridized carbons (Fsp3) is 0.438. The number of aromatic nitrogens is 1. The van der Waals surface area contributed by atoms with Crippen LogP contribution in [0.1, 0.15) is 24.2 Å². The highest BCUT2D eigenvalue weighted by atomic mass is 35.5. The Kier molecular flexibility index (Phi) is 5.39. The first-order valence-electron chi connectivity index (χ1n) is 7.21. The molecule has 1 aromatic carbocycles. The molecule has 3 rings (SSSR count). The quantitative estimate of drug-likeness (QED) is 0.947. The van der Waals surface area contributed by atoms with Gasteiger partial charge in [-0.05, 0) is 19.8 Å². The van der Waals surface area contributed by atoms with Gasteiger partial charge in [0.05, 0.1) is 6.54 Å². The highest BCUT2D eigenvalue weighted by molar-refractivity contribution is 5.85. The largest absolute Gasteiger partial charge is 0.359 e. The fourth-order valence-electron chi connectivity index (χ4n) is 2.58. The molecule has 0 aliphatic carbocycles. The van der Waals surface area contributed by atoms with Gasteiger partial charge in [-0.2, -0.15) is 0 Å². The molecule has 0 amide bonds. The van der Waals surface area contributed by atoms with Crippen LogP contribution in [0.25, 0.3) is 11.3 Å². The molecule has 0 atom stereocenters. The molecule has 2 heterocycles. The number of piperidine rings is 1. The molecule has 0 bridgehead atoms. The lowest BCUT2D eigenvalue weighted by molar-refractivity contribution is 0.185. The third-order valence-electron chi connectivity index (χ3n) is 3.92. The lowest BCUT2D eigenvalue weighted by Crippen LogP contribution is -2.39. The Hall–Kier alpha value is -1.36. The zero-order chi connectivity index (χ0) is 13.9. The summed E-state index contributed by atoms with van der Waals surface area (Å²) in [7, 11) is 0. The average molecular weight is 308 g/mol. The molecule has 1 aliphatic rings. The summed E-state index contributed by atoms with van der Waals surface area (Å²) in [5.74, 6) is 0.927. The number of halogens is 1. The Morgan fingerprint density at radius 1 is 1.24 bits per heavy atom. The van der Waals surface area contributed by atoms with Gasteiger partial charge in [0, 0.05) is 30.8 Å². The maximum absolute atomic E-state index is 5.92. The summed E-state index contributed by atoms with van der Waals surface area (Å²) in [6, 6.07) is 10.8. The minimum absolute atomic E-state index is 0. The number of benzene rings is 1. The van der Waals surface area contributed by atoms with Crippen molar-refractivity contribution in [1.82, 2.24) is 10.1 Å². The molecule has 0 saturated carbocycles. The van der Waals surface area contributed by atoms with Gasteiger partial charge in [0.2, 0.25) is 0 Å². The molecule has 21 heavy (non-hydrogen) atoms. The number of nitrogens with two attached hydrogens (primary N) is 1. The number of hydrogen-bond donors (Lipinski definition) is 1.